The number of carboxylic acid groups (broad SMARTS) is 1. The fourth-order valence-electron chi connectivity index (χ4n) is 0.506. The standard InChI is InChI=1S/C5H13O3P.C4H6O2/c1-4-7-9(3,6)8-5-2;1-3(2)4(5)6/h4-5H2,1-3H3;1H2,2H3,(H,5,6). The zero-order valence-electron chi connectivity index (χ0n) is 9.65. The highest BCUT2D eigenvalue weighted by Crippen LogP contribution is 2.43. The summed E-state index contributed by atoms with van der Waals surface area (Å²) in [5, 5.41) is 7.89. The van der Waals surface area contributed by atoms with Crippen molar-refractivity contribution in [2.75, 3.05) is 19.9 Å². The molecule has 0 aliphatic heterocycles. The molecule has 0 saturated heterocycles. The van der Waals surface area contributed by atoms with Crippen molar-refractivity contribution in [3.8, 4) is 0 Å². The molecule has 0 fully saturated rings. The van der Waals surface area contributed by atoms with E-state index < -0.39 is 13.6 Å². The lowest BCUT2D eigenvalue weighted by molar-refractivity contribution is -0.132. The van der Waals surface area contributed by atoms with Gasteiger partial charge in [0.25, 0.3) is 0 Å². The molecular weight excluding hydrogens is 219 g/mol. The molecule has 0 saturated carbocycles. The van der Waals surface area contributed by atoms with Crippen LogP contribution in [0.1, 0.15) is 20.8 Å². The van der Waals surface area contributed by atoms with Gasteiger partial charge in [-0.3, -0.25) is 4.57 Å². The Morgan fingerprint density at radius 1 is 1.33 bits per heavy atom. The van der Waals surface area contributed by atoms with Crippen molar-refractivity contribution in [3.63, 3.8) is 0 Å². The van der Waals surface area contributed by atoms with Gasteiger partial charge in [0, 0.05) is 12.2 Å². The quantitative estimate of drug-likeness (QED) is 0.588. The number of aliphatic carboxylic acids is 1. The van der Waals surface area contributed by atoms with E-state index in [0.717, 1.165) is 0 Å². The maximum atomic E-state index is 11.0. The van der Waals surface area contributed by atoms with E-state index in [4.69, 9.17) is 14.2 Å². The Balaban J connectivity index is 0. The summed E-state index contributed by atoms with van der Waals surface area (Å²) < 4.78 is 20.6. The Morgan fingerprint density at radius 2 is 1.60 bits per heavy atom. The maximum absolute atomic E-state index is 11.0. The van der Waals surface area contributed by atoms with Gasteiger partial charge in [-0.2, -0.15) is 0 Å². The molecule has 1 N–H and O–H groups in total. The molecule has 90 valence electrons. The SMILES string of the molecule is C=C(C)C(=O)O.CCOP(C)(=O)OCC. The van der Waals surface area contributed by atoms with Crippen LogP contribution in [0.2, 0.25) is 0 Å². The van der Waals surface area contributed by atoms with Crippen molar-refractivity contribution in [2.45, 2.75) is 20.8 Å². The number of rotatable bonds is 5. The van der Waals surface area contributed by atoms with E-state index in [-0.39, 0.29) is 5.57 Å². The minimum atomic E-state index is -2.69. The fraction of sp³-hybridized carbons (Fsp3) is 0.667. The van der Waals surface area contributed by atoms with Crippen LogP contribution in [0, 0.1) is 0 Å². The average Bonchev–Trinajstić information content (AvgIpc) is 2.04. The van der Waals surface area contributed by atoms with Crippen molar-refractivity contribution < 1.29 is 23.5 Å². The predicted octanol–water partition coefficient (Wildman–Crippen LogP) is 2.53. The van der Waals surface area contributed by atoms with Crippen LogP contribution in [0.15, 0.2) is 12.2 Å². The van der Waals surface area contributed by atoms with Crippen molar-refractivity contribution >= 4 is 13.6 Å². The molecular formula is C9H19O5P. The first-order chi connectivity index (χ1) is 6.76. The van der Waals surface area contributed by atoms with Crippen LogP contribution < -0.4 is 0 Å². The number of hydrogen-bond acceptors (Lipinski definition) is 4. The van der Waals surface area contributed by atoms with E-state index in [9.17, 15) is 9.36 Å². The van der Waals surface area contributed by atoms with Gasteiger partial charge in [0.1, 0.15) is 0 Å². The normalized spacial score (nSPS) is 10.1. The van der Waals surface area contributed by atoms with Gasteiger partial charge >= 0.3 is 13.6 Å². The first-order valence-corrected chi connectivity index (χ1v) is 6.51. The number of hydrogen-bond donors (Lipinski definition) is 1. The van der Waals surface area contributed by atoms with Gasteiger partial charge in [-0.05, 0) is 20.8 Å². The summed E-state index contributed by atoms with van der Waals surface area (Å²) in [4.78, 5) is 9.60. The van der Waals surface area contributed by atoms with E-state index in [1.165, 1.54) is 13.6 Å². The molecule has 0 aliphatic carbocycles. The van der Waals surface area contributed by atoms with Crippen LogP contribution in [0.3, 0.4) is 0 Å². The van der Waals surface area contributed by atoms with Crippen LogP contribution >= 0.6 is 7.60 Å². The topological polar surface area (TPSA) is 72.8 Å². The first kappa shape index (κ1) is 16.8. The van der Waals surface area contributed by atoms with Gasteiger partial charge in [0.05, 0.1) is 13.2 Å². The van der Waals surface area contributed by atoms with Crippen LogP contribution in [0.5, 0.6) is 0 Å². The fourth-order valence-corrected chi connectivity index (χ4v) is 1.52. The van der Waals surface area contributed by atoms with Gasteiger partial charge in [0.2, 0.25) is 0 Å². The molecule has 0 spiro atoms. The third-order valence-electron chi connectivity index (χ3n) is 1.09. The summed E-state index contributed by atoms with van der Waals surface area (Å²) in [6.07, 6.45) is 0. The van der Waals surface area contributed by atoms with Gasteiger partial charge in [-0.25, -0.2) is 4.79 Å². The second-order valence-electron chi connectivity index (χ2n) is 2.69. The van der Waals surface area contributed by atoms with E-state index in [2.05, 4.69) is 6.58 Å². The zero-order valence-corrected chi connectivity index (χ0v) is 10.5. The second-order valence-corrected chi connectivity index (χ2v) is 4.75. The lowest BCUT2D eigenvalue weighted by Gasteiger charge is -2.10. The minimum Gasteiger partial charge on any atom is -0.478 e. The average molecular weight is 238 g/mol. The Hall–Kier alpha value is -0.640. The van der Waals surface area contributed by atoms with Gasteiger partial charge in [0.15, 0.2) is 0 Å². The molecule has 0 bridgehead atoms. The Labute approximate surface area is 90.6 Å². The van der Waals surface area contributed by atoms with Crippen LogP contribution in [0.25, 0.3) is 0 Å². The lowest BCUT2D eigenvalue weighted by atomic mass is 10.4. The molecule has 0 heterocycles. The summed E-state index contributed by atoms with van der Waals surface area (Å²) in [5.41, 5.74) is 0.176. The maximum Gasteiger partial charge on any atom is 0.330 e. The second kappa shape index (κ2) is 8.65. The Kier molecular flexibility index (Phi) is 9.68. The highest BCUT2D eigenvalue weighted by Gasteiger charge is 2.13. The molecule has 15 heavy (non-hydrogen) atoms. The number of carbonyl (C=O) groups is 1. The van der Waals surface area contributed by atoms with Crippen molar-refractivity contribution in [2.24, 2.45) is 0 Å². The monoisotopic (exact) mass is 238 g/mol. The Morgan fingerprint density at radius 3 is 1.73 bits per heavy atom. The largest absolute Gasteiger partial charge is 0.478 e. The van der Waals surface area contributed by atoms with Gasteiger partial charge < -0.3 is 14.2 Å². The third-order valence-corrected chi connectivity index (χ3v) is 2.55. The van der Waals surface area contributed by atoms with Crippen molar-refractivity contribution in [1.29, 1.82) is 0 Å². The molecule has 0 unspecified atom stereocenters. The predicted molar refractivity (Wildman–Crippen MR) is 59.2 cm³/mol. The highest BCUT2D eigenvalue weighted by atomic mass is 31.2. The molecule has 0 atom stereocenters. The molecule has 0 amide bonds. The molecule has 0 aromatic carbocycles. The molecule has 0 rings (SSSR count). The van der Waals surface area contributed by atoms with E-state index in [1.807, 2.05) is 0 Å². The Bertz CT molecular complexity index is 227. The van der Waals surface area contributed by atoms with E-state index >= 15 is 0 Å². The summed E-state index contributed by atoms with van der Waals surface area (Å²) in [6.45, 7) is 10.5. The van der Waals surface area contributed by atoms with Crippen LogP contribution in [-0.2, 0) is 18.4 Å². The first-order valence-electron chi connectivity index (χ1n) is 4.52. The van der Waals surface area contributed by atoms with Gasteiger partial charge in [-0.1, -0.05) is 6.58 Å². The van der Waals surface area contributed by atoms with Crippen LogP contribution in [0.4, 0.5) is 0 Å². The summed E-state index contributed by atoms with van der Waals surface area (Å²) in [7, 11) is -2.69. The molecule has 6 heteroatoms. The molecule has 0 aromatic heterocycles. The third kappa shape index (κ3) is 13.4. The van der Waals surface area contributed by atoms with Crippen molar-refractivity contribution in [1.82, 2.24) is 0 Å². The molecule has 5 nitrogen and oxygen atoms in total. The molecule has 0 aromatic rings. The molecule has 0 aliphatic rings. The summed E-state index contributed by atoms with van der Waals surface area (Å²) in [5.74, 6) is -0.935. The van der Waals surface area contributed by atoms with E-state index in [1.54, 1.807) is 13.8 Å². The number of carboxylic acids is 1. The minimum absolute atomic E-state index is 0.176. The molecule has 0 radical (unpaired) electrons. The lowest BCUT2D eigenvalue weighted by Crippen LogP contribution is -1.92. The van der Waals surface area contributed by atoms with Gasteiger partial charge in [-0.15, -0.1) is 0 Å². The smallest absolute Gasteiger partial charge is 0.330 e. The van der Waals surface area contributed by atoms with Crippen molar-refractivity contribution in [3.05, 3.63) is 12.2 Å². The van der Waals surface area contributed by atoms with Crippen LogP contribution in [-0.4, -0.2) is 31.0 Å². The van der Waals surface area contributed by atoms with E-state index in [0.29, 0.717) is 13.2 Å². The summed E-state index contributed by atoms with van der Waals surface area (Å²) >= 11 is 0. The summed E-state index contributed by atoms with van der Waals surface area (Å²) in [6, 6.07) is 0. The highest BCUT2D eigenvalue weighted by molar-refractivity contribution is 7.52. The zero-order chi connectivity index (χ0) is 12.5.